The van der Waals surface area contributed by atoms with Crippen LogP contribution in [0.1, 0.15) is 25.0 Å². The first kappa shape index (κ1) is 12.8. The maximum atomic E-state index is 6.00. The average molecular weight is 263 g/mol. The summed E-state index contributed by atoms with van der Waals surface area (Å²) in [7, 11) is 1.77. The lowest BCUT2D eigenvalue weighted by molar-refractivity contribution is -0.0177. The first-order valence-corrected chi connectivity index (χ1v) is 6.93. The topological polar surface area (TPSA) is 47.5 Å². The zero-order valence-corrected chi connectivity index (χ0v) is 11.6. The molecule has 2 fully saturated rings. The molecule has 0 aromatic carbocycles. The lowest BCUT2D eigenvalue weighted by Gasteiger charge is -2.38. The summed E-state index contributed by atoms with van der Waals surface area (Å²) < 4.78 is 11.4. The molecule has 1 spiro atoms. The van der Waals surface area contributed by atoms with Crippen molar-refractivity contribution < 1.29 is 9.47 Å². The summed E-state index contributed by atoms with van der Waals surface area (Å²) in [6, 6.07) is 4.06. The largest absolute Gasteiger partial charge is 0.379 e. The molecule has 2 aliphatic heterocycles. The van der Waals surface area contributed by atoms with Crippen LogP contribution in [0.4, 0.5) is 5.82 Å². The van der Waals surface area contributed by atoms with E-state index >= 15 is 0 Å². The minimum absolute atomic E-state index is 0.0370. The van der Waals surface area contributed by atoms with E-state index in [0.717, 1.165) is 50.5 Å². The van der Waals surface area contributed by atoms with E-state index in [0.29, 0.717) is 0 Å². The Bertz CT molecular complexity index is 427. The van der Waals surface area contributed by atoms with E-state index in [1.807, 2.05) is 19.1 Å². The molecule has 1 atom stereocenters. The van der Waals surface area contributed by atoms with Gasteiger partial charge in [-0.3, -0.25) is 0 Å². The van der Waals surface area contributed by atoms with Crippen molar-refractivity contribution in [3.63, 3.8) is 0 Å². The van der Waals surface area contributed by atoms with Gasteiger partial charge in [0.2, 0.25) is 0 Å². The maximum absolute atomic E-state index is 6.00. The number of nitrogens with zero attached hydrogens (tertiary/aromatic N) is 3. The zero-order valence-electron chi connectivity index (χ0n) is 11.6. The maximum Gasteiger partial charge on any atom is 0.151 e. The third-order valence-corrected chi connectivity index (χ3v) is 4.29. The highest BCUT2D eigenvalue weighted by Gasteiger charge is 2.43. The molecule has 0 aliphatic carbocycles. The molecule has 3 heterocycles. The molecule has 3 rings (SSSR count). The van der Waals surface area contributed by atoms with Gasteiger partial charge in [0.15, 0.2) is 5.82 Å². The fourth-order valence-electron chi connectivity index (χ4n) is 3.01. The van der Waals surface area contributed by atoms with Gasteiger partial charge in [0, 0.05) is 26.6 Å². The fraction of sp³-hybridized carbons (Fsp3) is 0.714. The zero-order chi connectivity index (χ0) is 13.3. The summed E-state index contributed by atoms with van der Waals surface area (Å²) in [6.45, 7) is 4.66. The van der Waals surface area contributed by atoms with E-state index in [2.05, 4.69) is 15.1 Å². The van der Waals surface area contributed by atoms with Crippen molar-refractivity contribution in [3.8, 4) is 0 Å². The van der Waals surface area contributed by atoms with Gasteiger partial charge in [0.1, 0.15) is 0 Å². The molecule has 5 heteroatoms. The Balaban J connectivity index is 1.62. The van der Waals surface area contributed by atoms with Gasteiger partial charge in [-0.15, -0.1) is 5.10 Å². The van der Waals surface area contributed by atoms with Crippen LogP contribution < -0.4 is 4.90 Å². The normalized spacial score (nSPS) is 26.0. The van der Waals surface area contributed by atoms with Crippen LogP contribution in [-0.4, -0.2) is 48.7 Å². The highest BCUT2D eigenvalue weighted by atomic mass is 16.6. The lowest BCUT2D eigenvalue weighted by Crippen LogP contribution is -2.44. The number of aromatic nitrogens is 2. The Morgan fingerprint density at radius 3 is 2.68 bits per heavy atom. The van der Waals surface area contributed by atoms with E-state index in [9.17, 15) is 0 Å². The molecule has 0 radical (unpaired) electrons. The quantitative estimate of drug-likeness (QED) is 0.810. The van der Waals surface area contributed by atoms with Crippen molar-refractivity contribution in [2.45, 2.75) is 37.9 Å². The molecule has 0 amide bonds. The van der Waals surface area contributed by atoms with Gasteiger partial charge in [-0.1, -0.05) is 0 Å². The number of methoxy groups -OCH3 is 1. The van der Waals surface area contributed by atoms with Crippen LogP contribution in [0.2, 0.25) is 0 Å². The summed E-state index contributed by atoms with van der Waals surface area (Å²) in [4.78, 5) is 2.29. The molecule has 0 unspecified atom stereocenters. The molecule has 0 saturated carbocycles. The second-order valence-electron chi connectivity index (χ2n) is 5.58. The second kappa shape index (κ2) is 5.06. The van der Waals surface area contributed by atoms with Crippen LogP contribution >= 0.6 is 0 Å². The number of anilines is 1. The van der Waals surface area contributed by atoms with Gasteiger partial charge in [0.05, 0.1) is 24.0 Å². The summed E-state index contributed by atoms with van der Waals surface area (Å²) >= 11 is 0. The Hall–Kier alpha value is -1.20. The minimum atomic E-state index is 0.0370. The van der Waals surface area contributed by atoms with Crippen LogP contribution in [0.25, 0.3) is 0 Å². The monoisotopic (exact) mass is 263 g/mol. The van der Waals surface area contributed by atoms with Crippen molar-refractivity contribution in [2.75, 3.05) is 31.7 Å². The number of aryl methyl sites for hydroxylation is 1. The molecule has 1 aromatic rings. The highest BCUT2D eigenvalue weighted by Crippen LogP contribution is 2.37. The van der Waals surface area contributed by atoms with Crippen LogP contribution in [0, 0.1) is 6.92 Å². The van der Waals surface area contributed by atoms with E-state index in [1.165, 1.54) is 0 Å². The lowest BCUT2D eigenvalue weighted by atomic mass is 9.88. The smallest absolute Gasteiger partial charge is 0.151 e. The molecule has 19 heavy (non-hydrogen) atoms. The van der Waals surface area contributed by atoms with E-state index in [4.69, 9.17) is 9.47 Å². The Labute approximate surface area is 113 Å². The van der Waals surface area contributed by atoms with Gasteiger partial charge in [-0.2, -0.15) is 5.10 Å². The van der Waals surface area contributed by atoms with Crippen LogP contribution in [0.15, 0.2) is 12.1 Å². The molecule has 5 nitrogen and oxygen atoms in total. The molecular formula is C14H21N3O2. The highest BCUT2D eigenvalue weighted by molar-refractivity contribution is 5.38. The first-order valence-electron chi connectivity index (χ1n) is 6.93. The predicted molar refractivity (Wildman–Crippen MR) is 72.3 cm³/mol. The Kier molecular flexibility index (Phi) is 3.41. The van der Waals surface area contributed by atoms with Crippen molar-refractivity contribution >= 4 is 5.82 Å². The van der Waals surface area contributed by atoms with Gasteiger partial charge in [-0.25, -0.2) is 0 Å². The van der Waals surface area contributed by atoms with Gasteiger partial charge >= 0.3 is 0 Å². The molecule has 0 N–H and O–H groups in total. The Morgan fingerprint density at radius 2 is 2.11 bits per heavy atom. The molecule has 104 valence electrons. The number of hydrogen-bond acceptors (Lipinski definition) is 5. The summed E-state index contributed by atoms with van der Waals surface area (Å²) in [5, 5.41) is 8.38. The third kappa shape index (κ3) is 2.58. The summed E-state index contributed by atoms with van der Waals surface area (Å²) in [5.41, 5.74) is 0.995. The van der Waals surface area contributed by atoms with Crippen LogP contribution in [0.3, 0.4) is 0 Å². The number of piperidine rings is 1. The Morgan fingerprint density at radius 1 is 1.32 bits per heavy atom. The van der Waals surface area contributed by atoms with Crippen molar-refractivity contribution in [1.29, 1.82) is 0 Å². The third-order valence-electron chi connectivity index (χ3n) is 4.29. The van der Waals surface area contributed by atoms with E-state index in [-0.39, 0.29) is 11.7 Å². The molecule has 1 aromatic heterocycles. The summed E-state index contributed by atoms with van der Waals surface area (Å²) in [5.74, 6) is 0.974. The molecule has 2 aliphatic rings. The van der Waals surface area contributed by atoms with Crippen LogP contribution in [-0.2, 0) is 9.47 Å². The second-order valence-corrected chi connectivity index (χ2v) is 5.58. The number of rotatable bonds is 2. The predicted octanol–water partition coefficient (Wildman–Crippen LogP) is 1.56. The first-order chi connectivity index (χ1) is 9.21. The fourth-order valence-corrected chi connectivity index (χ4v) is 3.01. The number of ether oxygens (including phenoxy) is 2. The van der Waals surface area contributed by atoms with Crippen LogP contribution in [0.5, 0.6) is 0 Å². The molecular weight excluding hydrogens is 242 g/mol. The summed E-state index contributed by atoms with van der Waals surface area (Å²) in [6.07, 6.45) is 3.38. The minimum Gasteiger partial charge on any atom is -0.379 e. The van der Waals surface area contributed by atoms with Gasteiger partial charge in [-0.05, 0) is 31.9 Å². The van der Waals surface area contributed by atoms with Gasteiger partial charge in [0.25, 0.3) is 0 Å². The molecule has 2 saturated heterocycles. The van der Waals surface area contributed by atoms with Crippen molar-refractivity contribution in [1.82, 2.24) is 10.2 Å². The average Bonchev–Trinajstić information content (AvgIpc) is 2.84. The van der Waals surface area contributed by atoms with E-state index in [1.54, 1.807) is 7.11 Å². The van der Waals surface area contributed by atoms with Crippen molar-refractivity contribution in [2.24, 2.45) is 0 Å². The van der Waals surface area contributed by atoms with E-state index < -0.39 is 0 Å². The SMILES string of the molecule is CO[C@H]1COC2(CCN(c3ccc(C)nn3)CC2)C1. The van der Waals surface area contributed by atoms with Crippen molar-refractivity contribution in [3.05, 3.63) is 17.8 Å². The number of hydrogen-bond donors (Lipinski definition) is 0. The standard InChI is InChI=1S/C14H21N3O2/c1-11-3-4-13(16-15-11)17-7-5-14(6-8-17)9-12(18-2)10-19-14/h3-4,12H,5-10H2,1-2H3/t12-/m1/s1. The van der Waals surface area contributed by atoms with Gasteiger partial charge < -0.3 is 14.4 Å². The molecule has 0 bridgehead atoms.